The normalized spacial score (nSPS) is 18.7. The van der Waals surface area contributed by atoms with Gasteiger partial charge in [0.1, 0.15) is 6.29 Å². The largest absolute Gasteiger partial charge is 0.304 e. The summed E-state index contributed by atoms with van der Waals surface area (Å²) in [4.78, 5) is 11.4. The molecule has 1 fully saturated rings. The van der Waals surface area contributed by atoms with Crippen molar-refractivity contribution in [2.75, 3.05) is 12.3 Å². The lowest BCUT2D eigenvalue weighted by Crippen LogP contribution is -2.28. The van der Waals surface area contributed by atoms with Gasteiger partial charge in [0.15, 0.2) is 0 Å². The Morgan fingerprint density at radius 3 is 2.54 bits per heavy atom. The van der Waals surface area contributed by atoms with E-state index in [1.54, 1.807) is 0 Å². The summed E-state index contributed by atoms with van der Waals surface area (Å²) in [5, 5.41) is 8.71. The van der Waals surface area contributed by atoms with Crippen molar-refractivity contribution in [3.63, 3.8) is 0 Å². The van der Waals surface area contributed by atoms with Gasteiger partial charge in [-0.1, -0.05) is 55.5 Å². The Hall–Kier alpha value is -2.37. The molecule has 144 valence electrons. The lowest BCUT2D eigenvalue weighted by molar-refractivity contribution is -0.110. The minimum atomic E-state index is 0.0108. The Kier molecular flexibility index (Phi) is 5.93. The van der Waals surface area contributed by atoms with E-state index in [9.17, 15) is 4.79 Å². The Labute approximate surface area is 170 Å². The van der Waals surface area contributed by atoms with Gasteiger partial charge in [0.2, 0.25) is 0 Å². The number of rotatable bonds is 7. The third-order valence-corrected chi connectivity index (χ3v) is 6.51. The molecule has 0 bridgehead atoms. The van der Waals surface area contributed by atoms with Crippen molar-refractivity contribution >= 4 is 18.0 Å². The average molecular weight is 392 g/mol. The maximum Gasteiger partial charge on any atom is 0.122 e. The second-order valence-electron chi connectivity index (χ2n) is 7.26. The predicted octanol–water partition coefficient (Wildman–Crippen LogP) is 4.51. The molecule has 5 heteroatoms. The van der Waals surface area contributed by atoms with Crippen molar-refractivity contribution in [1.82, 2.24) is 15.1 Å². The third kappa shape index (κ3) is 3.91. The Morgan fingerprint density at radius 1 is 1.18 bits per heavy atom. The number of benzene rings is 2. The lowest BCUT2D eigenvalue weighted by atomic mass is 9.88. The van der Waals surface area contributed by atoms with Crippen LogP contribution in [0.2, 0.25) is 0 Å². The third-order valence-electron chi connectivity index (χ3n) is 5.21. The summed E-state index contributed by atoms with van der Waals surface area (Å²) in [7, 11) is 0. The van der Waals surface area contributed by atoms with Gasteiger partial charge in [0, 0.05) is 35.3 Å². The molecule has 0 radical (unpaired) electrons. The Morgan fingerprint density at radius 2 is 1.89 bits per heavy atom. The topological polar surface area (TPSA) is 46.9 Å². The first-order valence-corrected chi connectivity index (χ1v) is 10.8. The number of para-hydroxylation sites is 1. The lowest BCUT2D eigenvalue weighted by Gasteiger charge is -2.25. The van der Waals surface area contributed by atoms with E-state index in [1.807, 2.05) is 53.8 Å². The highest BCUT2D eigenvalue weighted by Crippen LogP contribution is 2.40. The Balaban J connectivity index is 1.85. The zero-order valence-electron chi connectivity index (χ0n) is 16.0. The van der Waals surface area contributed by atoms with Gasteiger partial charge in [-0.3, -0.25) is 0 Å². The van der Waals surface area contributed by atoms with Gasteiger partial charge in [-0.2, -0.15) is 5.10 Å². The van der Waals surface area contributed by atoms with E-state index in [2.05, 4.69) is 41.7 Å². The van der Waals surface area contributed by atoms with Crippen LogP contribution in [-0.2, 0) is 4.79 Å². The molecule has 1 N–H and O–H groups in total. The van der Waals surface area contributed by atoms with Crippen molar-refractivity contribution < 1.29 is 4.79 Å². The number of carbonyl (C=O) groups excluding carboxylic acids is 1. The van der Waals surface area contributed by atoms with E-state index in [0.717, 1.165) is 41.9 Å². The molecule has 3 unspecified atom stereocenters. The Bertz CT molecular complexity index is 904. The molecule has 1 saturated heterocycles. The van der Waals surface area contributed by atoms with Crippen LogP contribution in [0.4, 0.5) is 0 Å². The minimum Gasteiger partial charge on any atom is -0.304 e. The van der Waals surface area contributed by atoms with Gasteiger partial charge in [0.05, 0.1) is 23.0 Å². The van der Waals surface area contributed by atoms with Gasteiger partial charge < -0.3 is 10.1 Å². The van der Waals surface area contributed by atoms with Crippen LogP contribution in [0.3, 0.4) is 0 Å². The molecule has 28 heavy (non-hydrogen) atoms. The molecular formula is C23H25N3OS. The van der Waals surface area contributed by atoms with Crippen molar-refractivity contribution in [2.45, 2.75) is 24.6 Å². The highest BCUT2D eigenvalue weighted by molar-refractivity contribution is 8.00. The molecule has 1 aliphatic heterocycles. The van der Waals surface area contributed by atoms with Crippen LogP contribution in [0.5, 0.6) is 0 Å². The number of nitrogens with zero attached hydrogens (tertiary/aromatic N) is 2. The van der Waals surface area contributed by atoms with Crippen molar-refractivity contribution in [1.29, 1.82) is 0 Å². The number of aldehydes is 1. The second-order valence-corrected chi connectivity index (χ2v) is 8.51. The maximum atomic E-state index is 11.4. The van der Waals surface area contributed by atoms with Gasteiger partial charge in [0.25, 0.3) is 0 Å². The molecule has 3 atom stereocenters. The molecule has 3 aromatic rings. The summed E-state index contributed by atoms with van der Waals surface area (Å²) in [6.07, 6.45) is 3.88. The van der Waals surface area contributed by atoms with Crippen LogP contribution in [-0.4, -0.2) is 33.7 Å². The maximum absolute atomic E-state index is 11.4. The molecule has 1 aliphatic rings. The first kappa shape index (κ1) is 19.0. The number of thioether (sulfide) groups is 1. The summed E-state index contributed by atoms with van der Waals surface area (Å²) < 4.78 is 2.03. The number of carbonyl (C=O) groups is 1. The number of nitrogens with one attached hydrogen (secondary N) is 1. The van der Waals surface area contributed by atoms with Crippen LogP contribution < -0.4 is 5.32 Å². The number of hydrogen-bond donors (Lipinski definition) is 1. The predicted molar refractivity (Wildman–Crippen MR) is 116 cm³/mol. The summed E-state index contributed by atoms with van der Waals surface area (Å²) >= 11 is 1.94. The second kappa shape index (κ2) is 8.76. The first-order chi connectivity index (χ1) is 13.8. The van der Waals surface area contributed by atoms with Gasteiger partial charge in [-0.15, -0.1) is 11.8 Å². The number of hydrogen-bond acceptors (Lipinski definition) is 4. The highest BCUT2D eigenvalue weighted by atomic mass is 32.2. The average Bonchev–Trinajstić information content (AvgIpc) is 3.43. The van der Waals surface area contributed by atoms with E-state index >= 15 is 0 Å². The van der Waals surface area contributed by atoms with Crippen molar-refractivity contribution in [2.24, 2.45) is 5.92 Å². The molecule has 0 amide bonds. The smallest absolute Gasteiger partial charge is 0.122 e. The van der Waals surface area contributed by atoms with Crippen LogP contribution in [0, 0.1) is 5.92 Å². The molecule has 2 heterocycles. The summed E-state index contributed by atoms with van der Waals surface area (Å²) in [5.41, 5.74) is 4.51. The standard InChI is InChI=1S/C23H25N3OS/c1-17(16-27)14-20(23-24-12-13-28-23)21-15-25-26(19-10-6-3-7-11-19)22(21)18-8-4-2-5-9-18/h2-11,15-17,20,23-24H,12-14H2,1H3. The van der Waals surface area contributed by atoms with E-state index in [-0.39, 0.29) is 11.8 Å². The van der Waals surface area contributed by atoms with Crippen LogP contribution in [0.25, 0.3) is 16.9 Å². The molecule has 1 aromatic heterocycles. The number of aromatic nitrogens is 2. The van der Waals surface area contributed by atoms with Gasteiger partial charge in [-0.25, -0.2) is 4.68 Å². The van der Waals surface area contributed by atoms with Crippen LogP contribution in [0.1, 0.15) is 24.8 Å². The van der Waals surface area contributed by atoms with E-state index in [1.165, 1.54) is 5.56 Å². The molecule has 2 aromatic carbocycles. The fraction of sp³-hybridized carbons (Fsp3) is 0.304. The summed E-state index contributed by atoms with van der Waals surface area (Å²) in [6, 6.07) is 20.7. The van der Waals surface area contributed by atoms with Gasteiger partial charge in [-0.05, 0) is 18.6 Å². The summed E-state index contributed by atoms with van der Waals surface area (Å²) in [6.45, 7) is 3.01. The molecule has 0 spiro atoms. The highest BCUT2D eigenvalue weighted by Gasteiger charge is 2.32. The molecule has 4 nitrogen and oxygen atoms in total. The monoisotopic (exact) mass is 391 g/mol. The van der Waals surface area contributed by atoms with Crippen molar-refractivity contribution in [3.8, 4) is 16.9 Å². The zero-order valence-corrected chi connectivity index (χ0v) is 16.8. The van der Waals surface area contributed by atoms with Crippen molar-refractivity contribution in [3.05, 3.63) is 72.4 Å². The summed E-state index contributed by atoms with van der Waals surface area (Å²) in [5.74, 6) is 1.33. The minimum absolute atomic E-state index is 0.0108. The quantitative estimate of drug-likeness (QED) is 0.602. The SMILES string of the molecule is CC(C=O)CC(c1cnn(-c2ccccc2)c1-c1ccccc1)C1NCCS1. The van der Waals surface area contributed by atoms with E-state index in [0.29, 0.717) is 5.37 Å². The fourth-order valence-electron chi connectivity index (χ4n) is 3.86. The fourth-order valence-corrected chi connectivity index (χ4v) is 5.07. The molecule has 4 rings (SSSR count). The van der Waals surface area contributed by atoms with E-state index in [4.69, 9.17) is 5.10 Å². The zero-order chi connectivity index (χ0) is 19.3. The van der Waals surface area contributed by atoms with Crippen LogP contribution in [0.15, 0.2) is 66.9 Å². The molecular weight excluding hydrogens is 366 g/mol. The van der Waals surface area contributed by atoms with Crippen LogP contribution >= 0.6 is 11.8 Å². The first-order valence-electron chi connectivity index (χ1n) is 9.77. The van der Waals surface area contributed by atoms with Gasteiger partial charge >= 0.3 is 0 Å². The molecule has 0 saturated carbocycles. The molecule has 0 aliphatic carbocycles. The van der Waals surface area contributed by atoms with E-state index < -0.39 is 0 Å².